The van der Waals surface area contributed by atoms with E-state index in [2.05, 4.69) is 23.1 Å². The number of aromatic amines is 1. The summed E-state index contributed by atoms with van der Waals surface area (Å²) in [4.78, 5) is 20.9. The molecule has 0 amide bonds. The van der Waals surface area contributed by atoms with E-state index in [1.54, 1.807) is 30.2 Å². The Morgan fingerprint density at radius 1 is 1.37 bits per heavy atom. The molecule has 4 heteroatoms. The van der Waals surface area contributed by atoms with Crippen molar-refractivity contribution in [3.63, 3.8) is 0 Å². The van der Waals surface area contributed by atoms with Crippen LogP contribution in [-0.2, 0) is 0 Å². The van der Waals surface area contributed by atoms with Gasteiger partial charge in [0.2, 0.25) is 0 Å². The van der Waals surface area contributed by atoms with Gasteiger partial charge in [-0.25, -0.2) is 4.98 Å². The molecule has 0 radical (unpaired) electrons. The van der Waals surface area contributed by atoms with Crippen molar-refractivity contribution >= 4 is 16.9 Å². The Hall–Kier alpha value is -2.62. The van der Waals surface area contributed by atoms with Crippen molar-refractivity contribution in [2.24, 2.45) is 0 Å². The highest BCUT2D eigenvalue weighted by molar-refractivity contribution is 5.75. The smallest absolute Gasteiger partial charge is 0.291 e. The van der Waals surface area contributed by atoms with E-state index in [4.69, 9.17) is 0 Å². The fourth-order valence-electron chi connectivity index (χ4n) is 1.81. The van der Waals surface area contributed by atoms with Gasteiger partial charge in [-0.15, -0.1) is 0 Å². The van der Waals surface area contributed by atoms with E-state index >= 15 is 0 Å². The Morgan fingerprint density at radius 3 is 2.79 bits per heavy atom. The summed E-state index contributed by atoms with van der Waals surface area (Å²) in [6, 6.07) is 7.41. The number of aromatic nitrogens is 2. The second-order valence-electron chi connectivity index (χ2n) is 4.00. The zero-order valence-electron chi connectivity index (χ0n) is 10.8. The number of anilines is 1. The number of H-pyrrole nitrogens is 1. The summed E-state index contributed by atoms with van der Waals surface area (Å²) in [5.41, 5.74) is 1.98. The molecule has 4 nitrogen and oxygen atoms in total. The number of para-hydroxylation sites is 2. The van der Waals surface area contributed by atoms with Gasteiger partial charge in [0.15, 0.2) is 5.82 Å². The molecular weight excluding hydrogens is 238 g/mol. The van der Waals surface area contributed by atoms with Crippen LogP contribution in [0.1, 0.15) is 0 Å². The molecule has 1 aromatic carbocycles. The maximum Gasteiger partial charge on any atom is 0.291 e. The van der Waals surface area contributed by atoms with Crippen LogP contribution in [0.5, 0.6) is 0 Å². The lowest BCUT2D eigenvalue weighted by molar-refractivity contribution is 1.05. The molecule has 0 fully saturated rings. The molecule has 19 heavy (non-hydrogen) atoms. The molecule has 0 aliphatic rings. The van der Waals surface area contributed by atoms with Crippen LogP contribution in [0.4, 0.5) is 5.82 Å². The Kier molecular flexibility index (Phi) is 3.61. The summed E-state index contributed by atoms with van der Waals surface area (Å²) in [5.74, 6) is 0.326. The lowest BCUT2D eigenvalue weighted by atomic mass is 10.3. The van der Waals surface area contributed by atoms with Gasteiger partial charge in [0, 0.05) is 12.7 Å². The molecule has 2 rings (SSSR count). The number of likely N-dealkylation sites (N-methyl/N-ethyl adjacent to an activating group) is 1. The Bertz CT molecular complexity index is 713. The minimum absolute atomic E-state index is 0.238. The average Bonchev–Trinajstić information content (AvgIpc) is 2.43. The van der Waals surface area contributed by atoms with Gasteiger partial charge >= 0.3 is 0 Å². The molecule has 0 aliphatic carbocycles. The van der Waals surface area contributed by atoms with Crippen LogP contribution < -0.4 is 10.5 Å². The van der Waals surface area contributed by atoms with Crippen molar-refractivity contribution in [3.8, 4) is 0 Å². The third-order valence-corrected chi connectivity index (χ3v) is 2.78. The van der Waals surface area contributed by atoms with Crippen LogP contribution in [0.15, 0.2) is 66.1 Å². The van der Waals surface area contributed by atoms with Gasteiger partial charge in [-0.3, -0.25) is 4.79 Å². The summed E-state index contributed by atoms with van der Waals surface area (Å²) in [5, 5.41) is 0. The Morgan fingerprint density at radius 2 is 2.11 bits per heavy atom. The molecule has 1 N–H and O–H groups in total. The first-order valence-corrected chi connectivity index (χ1v) is 5.85. The molecule has 0 bridgehead atoms. The molecular formula is C15H15N3O. The third-order valence-electron chi connectivity index (χ3n) is 2.78. The maximum absolute atomic E-state index is 12.1. The summed E-state index contributed by atoms with van der Waals surface area (Å²) in [6.45, 7) is 7.36. The molecule has 0 saturated carbocycles. The van der Waals surface area contributed by atoms with Crippen LogP contribution >= 0.6 is 0 Å². The van der Waals surface area contributed by atoms with E-state index in [1.807, 2.05) is 24.3 Å². The molecule has 1 aromatic heterocycles. The quantitative estimate of drug-likeness (QED) is 0.852. The average molecular weight is 253 g/mol. The molecule has 0 unspecified atom stereocenters. The van der Waals surface area contributed by atoms with Crippen molar-refractivity contribution in [1.29, 1.82) is 0 Å². The van der Waals surface area contributed by atoms with Gasteiger partial charge in [-0.05, 0) is 24.3 Å². The molecule has 0 atom stereocenters. The summed E-state index contributed by atoms with van der Waals surface area (Å²) < 4.78 is 0. The lowest BCUT2D eigenvalue weighted by Gasteiger charge is -2.18. The Balaban J connectivity index is 2.59. The Labute approximate surface area is 111 Å². The van der Waals surface area contributed by atoms with Crippen LogP contribution in [0.3, 0.4) is 0 Å². The van der Waals surface area contributed by atoms with Gasteiger partial charge in [-0.1, -0.05) is 31.4 Å². The SMILES string of the molecule is C=C/C=C(\C=C)N(C)c1nc2ccccc2[nH]c1=O. The van der Waals surface area contributed by atoms with E-state index in [-0.39, 0.29) is 5.56 Å². The number of hydrogen-bond donors (Lipinski definition) is 1. The van der Waals surface area contributed by atoms with Crippen molar-refractivity contribution in [2.75, 3.05) is 11.9 Å². The zero-order chi connectivity index (χ0) is 13.8. The highest BCUT2D eigenvalue weighted by Crippen LogP contribution is 2.14. The number of benzene rings is 1. The summed E-state index contributed by atoms with van der Waals surface area (Å²) in [7, 11) is 1.77. The van der Waals surface area contributed by atoms with E-state index in [0.717, 1.165) is 16.7 Å². The van der Waals surface area contributed by atoms with Crippen molar-refractivity contribution in [2.45, 2.75) is 0 Å². The molecule has 2 aromatic rings. The molecule has 0 aliphatic heterocycles. The molecule has 0 saturated heterocycles. The summed E-state index contributed by atoms with van der Waals surface area (Å²) >= 11 is 0. The zero-order valence-corrected chi connectivity index (χ0v) is 10.8. The van der Waals surface area contributed by atoms with Gasteiger partial charge < -0.3 is 9.88 Å². The normalized spacial score (nSPS) is 11.3. The van der Waals surface area contributed by atoms with Crippen molar-refractivity contribution < 1.29 is 0 Å². The highest BCUT2D eigenvalue weighted by Gasteiger charge is 2.11. The van der Waals surface area contributed by atoms with Crippen LogP contribution in [0.2, 0.25) is 0 Å². The predicted molar refractivity (Wildman–Crippen MR) is 79.2 cm³/mol. The van der Waals surface area contributed by atoms with Gasteiger partial charge in [0.05, 0.1) is 11.0 Å². The van der Waals surface area contributed by atoms with Crippen molar-refractivity contribution in [3.05, 3.63) is 71.7 Å². The van der Waals surface area contributed by atoms with Gasteiger partial charge in [0.25, 0.3) is 5.56 Å². The number of rotatable bonds is 4. The van der Waals surface area contributed by atoms with Gasteiger partial charge in [-0.2, -0.15) is 0 Å². The van der Waals surface area contributed by atoms with E-state index < -0.39 is 0 Å². The van der Waals surface area contributed by atoms with E-state index in [0.29, 0.717) is 5.82 Å². The second-order valence-corrected chi connectivity index (χ2v) is 4.00. The fourth-order valence-corrected chi connectivity index (χ4v) is 1.81. The highest BCUT2D eigenvalue weighted by atomic mass is 16.1. The number of allylic oxidation sites excluding steroid dienone is 3. The first-order chi connectivity index (χ1) is 9.17. The third kappa shape index (κ3) is 2.47. The van der Waals surface area contributed by atoms with E-state index in [1.165, 1.54) is 0 Å². The van der Waals surface area contributed by atoms with Crippen LogP contribution in [0.25, 0.3) is 11.0 Å². The fraction of sp³-hybridized carbons (Fsp3) is 0.0667. The molecule has 0 spiro atoms. The largest absolute Gasteiger partial charge is 0.325 e. The minimum Gasteiger partial charge on any atom is -0.325 e. The standard InChI is InChI=1S/C15H15N3O/c1-4-8-11(5-2)18(3)14-15(19)17-13-10-7-6-9-12(13)16-14/h4-10H,1-2H2,3H3,(H,17,19)/b11-8+. The predicted octanol–water partition coefficient (Wildman–Crippen LogP) is 2.62. The van der Waals surface area contributed by atoms with Crippen LogP contribution in [-0.4, -0.2) is 17.0 Å². The maximum atomic E-state index is 12.1. The summed E-state index contributed by atoms with van der Waals surface area (Å²) in [6.07, 6.45) is 5.06. The second kappa shape index (κ2) is 5.35. The topological polar surface area (TPSA) is 49.0 Å². The monoisotopic (exact) mass is 253 g/mol. The minimum atomic E-state index is -0.238. The number of hydrogen-bond acceptors (Lipinski definition) is 3. The van der Waals surface area contributed by atoms with Crippen LogP contribution in [0, 0.1) is 0 Å². The van der Waals surface area contributed by atoms with E-state index in [9.17, 15) is 4.79 Å². The number of fused-ring (bicyclic) bond motifs is 1. The lowest BCUT2D eigenvalue weighted by Crippen LogP contribution is -2.25. The van der Waals surface area contributed by atoms with Crippen molar-refractivity contribution in [1.82, 2.24) is 9.97 Å². The first kappa shape index (κ1) is 12.8. The molecule has 1 heterocycles. The number of nitrogens with zero attached hydrogens (tertiary/aromatic N) is 2. The molecule has 96 valence electrons. The first-order valence-electron chi connectivity index (χ1n) is 5.85. The van der Waals surface area contributed by atoms with Gasteiger partial charge in [0.1, 0.15) is 0 Å². The number of nitrogens with one attached hydrogen (secondary N) is 1.